The SMILES string of the molecule is Cc1cccc(C)c1CC(O)c1cccc(Br)c1Cl. The minimum atomic E-state index is -0.593. The Morgan fingerprint density at radius 1 is 1.11 bits per heavy atom. The van der Waals surface area contributed by atoms with Crippen LogP contribution in [0.3, 0.4) is 0 Å². The van der Waals surface area contributed by atoms with E-state index < -0.39 is 6.10 Å². The number of halogens is 2. The summed E-state index contributed by atoms with van der Waals surface area (Å²) in [4.78, 5) is 0. The molecular formula is C16H16BrClO. The average Bonchev–Trinajstić information content (AvgIpc) is 2.37. The first-order valence-electron chi connectivity index (χ1n) is 6.17. The van der Waals surface area contributed by atoms with Gasteiger partial charge in [-0.15, -0.1) is 0 Å². The summed E-state index contributed by atoms with van der Waals surface area (Å²) < 4.78 is 0.812. The fourth-order valence-electron chi connectivity index (χ4n) is 2.25. The second-order valence-electron chi connectivity index (χ2n) is 4.73. The van der Waals surface area contributed by atoms with Crippen LogP contribution in [0.2, 0.25) is 5.02 Å². The first-order valence-corrected chi connectivity index (χ1v) is 7.35. The van der Waals surface area contributed by atoms with Crippen LogP contribution in [-0.4, -0.2) is 5.11 Å². The summed E-state index contributed by atoms with van der Waals surface area (Å²) in [6, 6.07) is 11.8. The molecule has 0 aliphatic heterocycles. The van der Waals surface area contributed by atoms with Crippen LogP contribution < -0.4 is 0 Å². The highest BCUT2D eigenvalue weighted by Gasteiger charge is 2.15. The monoisotopic (exact) mass is 338 g/mol. The summed E-state index contributed by atoms with van der Waals surface area (Å²) in [7, 11) is 0. The van der Waals surface area contributed by atoms with Gasteiger partial charge in [0.15, 0.2) is 0 Å². The van der Waals surface area contributed by atoms with Crippen molar-refractivity contribution in [2.24, 2.45) is 0 Å². The molecular weight excluding hydrogens is 324 g/mol. The van der Waals surface area contributed by atoms with Gasteiger partial charge in [-0.05, 0) is 52.5 Å². The molecule has 0 aliphatic rings. The van der Waals surface area contributed by atoms with E-state index in [1.165, 1.54) is 16.7 Å². The summed E-state index contributed by atoms with van der Waals surface area (Å²) in [6.45, 7) is 4.13. The summed E-state index contributed by atoms with van der Waals surface area (Å²) in [6.07, 6.45) is -0.0147. The normalized spacial score (nSPS) is 12.5. The molecule has 1 unspecified atom stereocenters. The molecule has 19 heavy (non-hydrogen) atoms. The molecule has 0 saturated carbocycles. The third-order valence-corrected chi connectivity index (χ3v) is 4.69. The zero-order chi connectivity index (χ0) is 14.0. The molecule has 0 radical (unpaired) electrons. The van der Waals surface area contributed by atoms with Crippen LogP contribution in [0.1, 0.15) is 28.4 Å². The van der Waals surface area contributed by atoms with Crippen LogP contribution in [-0.2, 0) is 6.42 Å². The molecule has 0 heterocycles. The van der Waals surface area contributed by atoms with E-state index in [0.717, 1.165) is 10.0 Å². The molecule has 100 valence electrons. The lowest BCUT2D eigenvalue weighted by Crippen LogP contribution is -2.05. The Bertz CT molecular complexity index is 575. The van der Waals surface area contributed by atoms with E-state index in [1.54, 1.807) is 0 Å². The van der Waals surface area contributed by atoms with Crippen LogP contribution in [0.15, 0.2) is 40.9 Å². The second kappa shape index (κ2) is 6.08. The molecule has 0 aliphatic carbocycles. The third kappa shape index (κ3) is 3.19. The van der Waals surface area contributed by atoms with Crippen molar-refractivity contribution in [1.29, 1.82) is 0 Å². The largest absolute Gasteiger partial charge is 0.388 e. The first-order chi connectivity index (χ1) is 9.00. The number of benzene rings is 2. The van der Waals surface area contributed by atoms with Gasteiger partial charge in [-0.25, -0.2) is 0 Å². The van der Waals surface area contributed by atoms with Gasteiger partial charge in [0.25, 0.3) is 0 Å². The molecule has 0 amide bonds. The third-order valence-electron chi connectivity index (χ3n) is 3.38. The highest BCUT2D eigenvalue weighted by molar-refractivity contribution is 9.10. The molecule has 1 nitrogen and oxygen atoms in total. The highest BCUT2D eigenvalue weighted by atomic mass is 79.9. The average molecular weight is 340 g/mol. The van der Waals surface area contributed by atoms with Crippen LogP contribution in [0, 0.1) is 13.8 Å². The standard InChI is InChI=1S/C16H16BrClO/c1-10-5-3-6-11(2)13(10)9-15(19)12-7-4-8-14(17)16(12)18/h3-8,15,19H,9H2,1-2H3. The van der Waals surface area contributed by atoms with Crippen LogP contribution in [0.4, 0.5) is 0 Å². The van der Waals surface area contributed by atoms with Crippen LogP contribution >= 0.6 is 27.5 Å². The van der Waals surface area contributed by atoms with E-state index in [-0.39, 0.29) is 0 Å². The van der Waals surface area contributed by atoms with Crippen LogP contribution in [0.5, 0.6) is 0 Å². The number of hydrogen-bond donors (Lipinski definition) is 1. The maximum absolute atomic E-state index is 10.4. The van der Waals surface area contributed by atoms with E-state index in [1.807, 2.05) is 24.3 Å². The number of hydrogen-bond acceptors (Lipinski definition) is 1. The Morgan fingerprint density at radius 3 is 2.32 bits per heavy atom. The topological polar surface area (TPSA) is 20.2 Å². The fourth-order valence-corrected chi connectivity index (χ4v) is 2.89. The van der Waals surface area contributed by atoms with Crippen molar-refractivity contribution in [3.05, 3.63) is 68.1 Å². The van der Waals surface area contributed by atoms with E-state index in [2.05, 4.69) is 41.9 Å². The van der Waals surface area contributed by atoms with Gasteiger partial charge in [-0.1, -0.05) is 41.9 Å². The fraction of sp³-hybridized carbons (Fsp3) is 0.250. The summed E-state index contributed by atoms with van der Waals surface area (Å²) in [5.41, 5.74) is 4.35. The summed E-state index contributed by atoms with van der Waals surface area (Å²) >= 11 is 9.61. The van der Waals surface area contributed by atoms with Crippen molar-refractivity contribution in [3.63, 3.8) is 0 Å². The molecule has 1 atom stereocenters. The summed E-state index contributed by atoms with van der Waals surface area (Å²) in [5.74, 6) is 0. The van der Waals surface area contributed by atoms with Crippen molar-refractivity contribution < 1.29 is 5.11 Å². The van der Waals surface area contributed by atoms with Crippen molar-refractivity contribution >= 4 is 27.5 Å². The predicted molar refractivity (Wildman–Crippen MR) is 83.7 cm³/mol. The summed E-state index contributed by atoms with van der Waals surface area (Å²) in [5, 5.41) is 11.0. The highest BCUT2D eigenvalue weighted by Crippen LogP contribution is 2.32. The number of rotatable bonds is 3. The molecule has 1 N–H and O–H groups in total. The second-order valence-corrected chi connectivity index (χ2v) is 5.97. The van der Waals surface area contributed by atoms with E-state index in [4.69, 9.17) is 11.6 Å². The molecule has 2 aromatic carbocycles. The lowest BCUT2D eigenvalue weighted by atomic mass is 9.94. The number of aliphatic hydroxyl groups excluding tert-OH is 1. The van der Waals surface area contributed by atoms with Gasteiger partial charge < -0.3 is 5.11 Å². The van der Waals surface area contributed by atoms with Gasteiger partial charge in [0.1, 0.15) is 0 Å². The van der Waals surface area contributed by atoms with E-state index >= 15 is 0 Å². The minimum absolute atomic E-state index is 0.578. The minimum Gasteiger partial charge on any atom is -0.388 e. The molecule has 0 fully saturated rings. The molecule has 0 saturated heterocycles. The molecule has 0 aromatic heterocycles. The van der Waals surface area contributed by atoms with Crippen molar-refractivity contribution in [3.8, 4) is 0 Å². The Hall–Kier alpha value is -0.830. The van der Waals surface area contributed by atoms with E-state index in [9.17, 15) is 5.11 Å². The molecule has 0 spiro atoms. The van der Waals surface area contributed by atoms with Crippen molar-refractivity contribution in [1.82, 2.24) is 0 Å². The zero-order valence-corrected chi connectivity index (χ0v) is 13.3. The Labute approximate surface area is 127 Å². The van der Waals surface area contributed by atoms with Gasteiger partial charge in [0.2, 0.25) is 0 Å². The quantitative estimate of drug-likeness (QED) is 0.834. The van der Waals surface area contributed by atoms with Gasteiger partial charge >= 0.3 is 0 Å². The molecule has 3 heteroatoms. The first kappa shape index (κ1) is 14.6. The maximum atomic E-state index is 10.4. The van der Waals surface area contributed by atoms with Gasteiger partial charge in [-0.2, -0.15) is 0 Å². The Balaban J connectivity index is 2.31. The van der Waals surface area contributed by atoms with Crippen LogP contribution in [0.25, 0.3) is 0 Å². The molecule has 2 rings (SSSR count). The maximum Gasteiger partial charge on any atom is 0.0845 e. The number of aryl methyl sites for hydroxylation is 2. The number of aliphatic hydroxyl groups is 1. The Morgan fingerprint density at radius 2 is 1.68 bits per heavy atom. The van der Waals surface area contributed by atoms with Crippen molar-refractivity contribution in [2.75, 3.05) is 0 Å². The lowest BCUT2D eigenvalue weighted by molar-refractivity contribution is 0.178. The Kier molecular flexibility index (Phi) is 4.67. The lowest BCUT2D eigenvalue weighted by Gasteiger charge is -2.16. The van der Waals surface area contributed by atoms with Gasteiger partial charge in [0.05, 0.1) is 11.1 Å². The van der Waals surface area contributed by atoms with E-state index in [0.29, 0.717) is 11.4 Å². The van der Waals surface area contributed by atoms with Gasteiger partial charge in [-0.3, -0.25) is 0 Å². The van der Waals surface area contributed by atoms with Crippen molar-refractivity contribution in [2.45, 2.75) is 26.4 Å². The zero-order valence-electron chi connectivity index (χ0n) is 11.0. The predicted octanol–water partition coefficient (Wildman–Crippen LogP) is 5.00. The molecule has 0 bridgehead atoms. The smallest absolute Gasteiger partial charge is 0.0845 e. The molecule has 2 aromatic rings. The van der Waals surface area contributed by atoms with Gasteiger partial charge in [0, 0.05) is 16.5 Å².